The van der Waals surface area contributed by atoms with E-state index in [2.05, 4.69) is 14.7 Å². The third kappa shape index (κ3) is 4.97. The SMILES string of the molecule is O=C(O)c1ccc(-c2cc(C(F)(F)F)ccc2[C@H]2CCc3cc(S(=O)(=O)Nc4ncccn4)ccc32)cc1. The standard InChI is InChI=1S/C27H20F3N3O4S/c28-27(29,30)19-7-10-23(24(15-19)16-2-4-17(5-3-16)25(34)35)22-9-6-18-14-20(8-11-21(18)22)38(36,37)33-26-31-12-1-13-32-26/h1-5,7-8,10-15,22H,6,9H2,(H,34,35)(H,31,32,33)/t22-/m0/s1. The number of carbonyl (C=O) groups is 1. The number of carboxylic acid groups (broad SMARTS) is 1. The van der Waals surface area contributed by atoms with Crippen molar-refractivity contribution in [1.82, 2.24) is 9.97 Å². The average Bonchev–Trinajstić information content (AvgIpc) is 3.31. The molecule has 0 saturated carbocycles. The van der Waals surface area contributed by atoms with Gasteiger partial charge in [-0.15, -0.1) is 0 Å². The van der Waals surface area contributed by atoms with E-state index < -0.39 is 27.7 Å². The second-order valence-corrected chi connectivity index (χ2v) is 10.5. The number of hydrogen-bond donors (Lipinski definition) is 2. The van der Waals surface area contributed by atoms with Gasteiger partial charge in [0, 0.05) is 18.3 Å². The van der Waals surface area contributed by atoms with E-state index in [-0.39, 0.29) is 22.3 Å². The molecular weight excluding hydrogens is 519 g/mol. The molecule has 3 aromatic carbocycles. The zero-order valence-electron chi connectivity index (χ0n) is 19.6. The molecule has 0 saturated heterocycles. The summed E-state index contributed by atoms with van der Waals surface area (Å²) >= 11 is 0. The highest BCUT2D eigenvalue weighted by Gasteiger charge is 2.33. The predicted octanol–water partition coefficient (Wildman–Crippen LogP) is 5.74. The Bertz CT molecular complexity index is 1620. The van der Waals surface area contributed by atoms with Crippen molar-refractivity contribution in [2.75, 3.05) is 4.72 Å². The number of alkyl halides is 3. The van der Waals surface area contributed by atoms with Crippen molar-refractivity contribution in [3.05, 3.63) is 107 Å². The largest absolute Gasteiger partial charge is 0.478 e. The highest BCUT2D eigenvalue weighted by Crippen LogP contribution is 2.44. The minimum atomic E-state index is -4.55. The van der Waals surface area contributed by atoms with Crippen LogP contribution in [0.4, 0.5) is 19.1 Å². The molecule has 38 heavy (non-hydrogen) atoms. The maximum Gasteiger partial charge on any atom is 0.416 e. The zero-order valence-corrected chi connectivity index (χ0v) is 20.4. The van der Waals surface area contributed by atoms with Gasteiger partial charge in [-0.05, 0) is 83.1 Å². The number of nitrogens with one attached hydrogen (secondary N) is 1. The second-order valence-electron chi connectivity index (χ2n) is 8.81. The second kappa shape index (κ2) is 9.56. The van der Waals surface area contributed by atoms with E-state index in [0.717, 1.165) is 23.3 Å². The highest BCUT2D eigenvalue weighted by molar-refractivity contribution is 7.92. The van der Waals surface area contributed by atoms with Crippen molar-refractivity contribution in [3.8, 4) is 11.1 Å². The van der Waals surface area contributed by atoms with Crippen LogP contribution in [-0.4, -0.2) is 29.5 Å². The summed E-state index contributed by atoms with van der Waals surface area (Å²) in [6.45, 7) is 0. The van der Waals surface area contributed by atoms with Gasteiger partial charge in [-0.3, -0.25) is 0 Å². The van der Waals surface area contributed by atoms with Crippen LogP contribution >= 0.6 is 0 Å². The van der Waals surface area contributed by atoms with Gasteiger partial charge in [0.2, 0.25) is 5.95 Å². The van der Waals surface area contributed by atoms with Gasteiger partial charge in [0.25, 0.3) is 10.0 Å². The van der Waals surface area contributed by atoms with E-state index in [1.807, 2.05) is 0 Å². The number of halogens is 3. The molecule has 1 atom stereocenters. The maximum absolute atomic E-state index is 13.6. The molecule has 4 aromatic rings. The number of carboxylic acids is 1. The van der Waals surface area contributed by atoms with E-state index in [1.165, 1.54) is 48.8 Å². The summed E-state index contributed by atoms with van der Waals surface area (Å²) < 4.78 is 68.7. The molecule has 0 amide bonds. The van der Waals surface area contributed by atoms with Gasteiger partial charge < -0.3 is 5.11 Å². The minimum absolute atomic E-state index is 0.0248. The maximum atomic E-state index is 13.6. The van der Waals surface area contributed by atoms with E-state index >= 15 is 0 Å². The number of anilines is 1. The first kappa shape index (κ1) is 25.4. The number of fused-ring (bicyclic) bond motifs is 1. The Morgan fingerprint density at radius 2 is 1.63 bits per heavy atom. The summed E-state index contributed by atoms with van der Waals surface area (Å²) in [6, 6.07) is 15.5. The molecule has 11 heteroatoms. The molecule has 0 fully saturated rings. The molecule has 7 nitrogen and oxygen atoms in total. The summed E-state index contributed by atoms with van der Waals surface area (Å²) in [5.74, 6) is -1.47. The fraction of sp³-hybridized carbons (Fsp3) is 0.148. The molecule has 1 aliphatic rings. The van der Waals surface area contributed by atoms with Crippen molar-refractivity contribution in [1.29, 1.82) is 0 Å². The Hall–Kier alpha value is -4.25. The molecule has 194 valence electrons. The van der Waals surface area contributed by atoms with Gasteiger partial charge in [-0.2, -0.15) is 13.2 Å². The lowest BCUT2D eigenvalue weighted by Crippen LogP contribution is -2.15. The van der Waals surface area contributed by atoms with Crippen molar-refractivity contribution >= 4 is 21.9 Å². The Morgan fingerprint density at radius 1 is 0.947 bits per heavy atom. The lowest BCUT2D eigenvalue weighted by molar-refractivity contribution is -0.137. The Kier molecular flexibility index (Phi) is 6.39. The first-order valence-corrected chi connectivity index (χ1v) is 13.0. The van der Waals surface area contributed by atoms with Crippen molar-refractivity contribution < 1.29 is 31.5 Å². The third-order valence-corrected chi connectivity index (χ3v) is 7.82. The summed E-state index contributed by atoms with van der Waals surface area (Å²) in [5, 5.41) is 9.19. The van der Waals surface area contributed by atoms with Crippen LogP contribution in [0, 0.1) is 0 Å². The highest BCUT2D eigenvalue weighted by atomic mass is 32.2. The number of rotatable bonds is 6. The lowest BCUT2D eigenvalue weighted by Gasteiger charge is -2.20. The van der Waals surface area contributed by atoms with Crippen LogP contribution in [0.5, 0.6) is 0 Å². The molecule has 0 aliphatic heterocycles. The fourth-order valence-electron chi connectivity index (χ4n) is 4.69. The zero-order chi connectivity index (χ0) is 27.1. The summed E-state index contributed by atoms with van der Waals surface area (Å²) in [5.41, 5.74) is 2.25. The van der Waals surface area contributed by atoms with Crippen LogP contribution in [0.3, 0.4) is 0 Å². The lowest BCUT2D eigenvalue weighted by atomic mass is 9.85. The van der Waals surface area contributed by atoms with Gasteiger partial charge in [0.05, 0.1) is 16.0 Å². The van der Waals surface area contributed by atoms with Crippen LogP contribution in [-0.2, 0) is 22.6 Å². The Morgan fingerprint density at radius 3 is 2.29 bits per heavy atom. The minimum Gasteiger partial charge on any atom is -0.478 e. The quantitative estimate of drug-likeness (QED) is 0.324. The molecule has 0 radical (unpaired) electrons. The van der Waals surface area contributed by atoms with Gasteiger partial charge in [-0.1, -0.05) is 24.3 Å². The number of hydrogen-bond acceptors (Lipinski definition) is 5. The summed E-state index contributed by atoms with van der Waals surface area (Å²) in [4.78, 5) is 19.0. The van der Waals surface area contributed by atoms with Crippen molar-refractivity contribution in [2.45, 2.75) is 29.8 Å². The van der Waals surface area contributed by atoms with Crippen LogP contribution < -0.4 is 4.72 Å². The predicted molar refractivity (Wildman–Crippen MR) is 133 cm³/mol. The van der Waals surface area contributed by atoms with Crippen LogP contribution in [0.25, 0.3) is 11.1 Å². The molecule has 0 spiro atoms. The number of benzene rings is 3. The third-order valence-electron chi connectivity index (χ3n) is 6.49. The number of aromatic carboxylic acids is 1. The molecule has 1 aliphatic carbocycles. The van der Waals surface area contributed by atoms with Crippen molar-refractivity contribution in [3.63, 3.8) is 0 Å². The monoisotopic (exact) mass is 539 g/mol. The number of aromatic nitrogens is 2. The molecule has 0 bridgehead atoms. The van der Waals surface area contributed by atoms with E-state index in [4.69, 9.17) is 0 Å². The number of nitrogens with zero attached hydrogens (tertiary/aromatic N) is 2. The Labute approximate surface area is 216 Å². The summed E-state index contributed by atoms with van der Waals surface area (Å²) in [7, 11) is -3.95. The van der Waals surface area contributed by atoms with E-state index in [0.29, 0.717) is 29.5 Å². The van der Waals surface area contributed by atoms with Crippen molar-refractivity contribution in [2.24, 2.45) is 0 Å². The van der Waals surface area contributed by atoms with E-state index in [9.17, 15) is 31.5 Å². The number of sulfonamides is 1. The first-order valence-electron chi connectivity index (χ1n) is 11.5. The number of aryl methyl sites for hydroxylation is 1. The van der Waals surface area contributed by atoms with Gasteiger partial charge in [0.15, 0.2) is 0 Å². The molecule has 0 unspecified atom stereocenters. The molecular formula is C27H20F3N3O4S. The Balaban J connectivity index is 1.53. The van der Waals surface area contributed by atoms with Crippen LogP contribution in [0.2, 0.25) is 0 Å². The van der Waals surface area contributed by atoms with Gasteiger partial charge in [-0.25, -0.2) is 27.9 Å². The fourth-order valence-corrected chi connectivity index (χ4v) is 5.70. The summed E-state index contributed by atoms with van der Waals surface area (Å²) in [6.07, 6.45) is -0.631. The molecule has 5 rings (SSSR count). The molecule has 1 aromatic heterocycles. The van der Waals surface area contributed by atoms with E-state index in [1.54, 1.807) is 18.2 Å². The van der Waals surface area contributed by atoms with Crippen LogP contribution in [0.1, 0.15) is 45.0 Å². The van der Waals surface area contributed by atoms with Gasteiger partial charge >= 0.3 is 12.1 Å². The smallest absolute Gasteiger partial charge is 0.416 e. The normalized spacial score (nSPS) is 15.2. The average molecular weight is 540 g/mol. The topological polar surface area (TPSA) is 109 Å². The van der Waals surface area contributed by atoms with Gasteiger partial charge in [0.1, 0.15) is 0 Å². The molecule has 2 N–H and O–H groups in total. The molecule has 1 heterocycles. The first-order chi connectivity index (χ1) is 18.0. The van der Waals surface area contributed by atoms with Crippen LogP contribution in [0.15, 0.2) is 84.0 Å².